The molecular formula is C27H33N4+. The van der Waals surface area contributed by atoms with Crippen molar-refractivity contribution in [1.29, 1.82) is 0 Å². The third-order valence-electron chi connectivity index (χ3n) is 7.08. The molecule has 4 rings (SSSR count). The van der Waals surface area contributed by atoms with E-state index in [2.05, 4.69) is 104 Å². The SMILES string of the molecule is CC[C@@]1(CN=C/C=C\Nc2ccccc2C)n2cc[n+](C)c2-c2ccccc2C1(C)C. The molecule has 4 heteroatoms. The molecule has 0 saturated heterocycles. The lowest BCUT2D eigenvalue weighted by Gasteiger charge is -2.47. The average Bonchev–Trinajstić information content (AvgIpc) is 3.16. The molecule has 3 aromatic rings. The molecule has 0 saturated carbocycles. The maximum absolute atomic E-state index is 4.89. The van der Waals surface area contributed by atoms with Gasteiger partial charge in [0.2, 0.25) is 0 Å². The summed E-state index contributed by atoms with van der Waals surface area (Å²) in [6.45, 7) is 9.84. The molecule has 0 unspecified atom stereocenters. The van der Waals surface area contributed by atoms with Crippen LogP contribution in [0.3, 0.4) is 0 Å². The number of benzene rings is 2. The van der Waals surface area contributed by atoms with Gasteiger partial charge in [-0.05, 0) is 42.7 Å². The summed E-state index contributed by atoms with van der Waals surface area (Å²) in [6.07, 6.45) is 11.2. The predicted octanol–water partition coefficient (Wildman–Crippen LogP) is 5.38. The number of imidazole rings is 1. The average molecular weight is 414 g/mol. The van der Waals surface area contributed by atoms with Gasteiger partial charge in [-0.25, -0.2) is 9.13 Å². The Labute approximate surface area is 186 Å². The number of anilines is 1. The minimum atomic E-state index is -0.133. The highest BCUT2D eigenvalue weighted by Crippen LogP contribution is 2.50. The normalized spacial score (nSPS) is 19.5. The van der Waals surface area contributed by atoms with Crippen molar-refractivity contribution in [2.45, 2.75) is 45.1 Å². The molecule has 4 nitrogen and oxygen atoms in total. The monoisotopic (exact) mass is 413 g/mol. The Balaban J connectivity index is 1.62. The Morgan fingerprint density at radius 2 is 1.84 bits per heavy atom. The largest absolute Gasteiger partial charge is 0.361 e. The predicted molar refractivity (Wildman–Crippen MR) is 130 cm³/mol. The molecule has 1 aliphatic heterocycles. The van der Waals surface area contributed by atoms with E-state index < -0.39 is 0 Å². The molecular weight excluding hydrogens is 380 g/mol. The number of hydrogen-bond donors (Lipinski definition) is 1. The summed E-state index contributed by atoms with van der Waals surface area (Å²) in [5.41, 5.74) is 4.86. The number of aryl methyl sites for hydroxylation is 2. The first kappa shape index (κ1) is 21.1. The lowest BCUT2D eigenvalue weighted by atomic mass is 9.63. The summed E-state index contributed by atoms with van der Waals surface area (Å²) >= 11 is 0. The fourth-order valence-corrected chi connectivity index (χ4v) is 5.10. The number of rotatable bonds is 6. The van der Waals surface area contributed by atoms with Crippen molar-refractivity contribution >= 4 is 11.9 Å². The van der Waals surface area contributed by atoms with Crippen molar-refractivity contribution in [2.75, 3.05) is 11.9 Å². The zero-order chi connectivity index (χ0) is 22.1. The van der Waals surface area contributed by atoms with Gasteiger partial charge in [0, 0.05) is 23.5 Å². The second kappa shape index (κ2) is 8.18. The highest BCUT2D eigenvalue weighted by molar-refractivity contribution is 5.72. The van der Waals surface area contributed by atoms with E-state index in [1.807, 2.05) is 24.6 Å². The van der Waals surface area contributed by atoms with Gasteiger partial charge in [0.1, 0.15) is 17.9 Å². The van der Waals surface area contributed by atoms with Crippen molar-refractivity contribution in [3.63, 3.8) is 0 Å². The van der Waals surface area contributed by atoms with Crippen molar-refractivity contribution in [3.05, 3.63) is 84.3 Å². The number of aliphatic imine (C=N–C) groups is 1. The van der Waals surface area contributed by atoms with Crippen LogP contribution in [0.2, 0.25) is 0 Å². The zero-order valence-electron chi connectivity index (χ0n) is 19.3. The number of hydrogen-bond acceptors (Lipinski definition) is 2. The molecule has 0 amide bonds. The zero-order valence-corrected chi connectivity index (χ0v) is 19.3. The molecule has 1 N–H and O–H groups in total. The number of fused-ring (bicyclic) bond motifs is 3. The molecule has 1 atom stereocenters. The Bertz CT molecular complexity index is 1140. The van der Waals surface area contributed by atoms with Crippen molar-refractivity contribution < 1.29 is 4.57 Å². The summed E-state index contributed by atoms with van der Waals surface area (Å²) in [5, 5.41) is 3.34. The van der Waals surface area contributed by atoms with Gasteiger partial charge in [0.15, 0.2) is 0 Å². The van der Waals surface area contributed by atoms with E-state index in [-0.39, 0.29) is 11.0 Å². The van der Waals surface area contributed by atoms with Crippen LogP contribution >= 0.6 is 0 Å². The fourth-order valence-electron chi connectivity index (χ4n) is 5.10. The molecule has 0 radical (unpaired) electrons. The quantitative estimate of drug-likeness (QED) is 0.427. The summed E-state index contributed by atoms with van der Waals surface area (Å²) in [7, 11) is 2.13. The number of allylic oxidation sites excluding steroid dienone is 1. The lowest BCUT2D eigenvalue weighted by molar-refractivity contribution is -0.660. The number of nitrogens with zero attached hydrogens (tertiary/aromatic N) is 3. The van der Waals surface area contributed by atoms with E-state index in [9.17, 15) is 0 Å². The van der Waals surface area contributed by atoms with Gasteiger partial charge in [0.05, 0.1) is 19.2 Å². The van der Waals surface area contributed by atoms with Gasteiger partial charge in [-0.1, -0.05) is 57.2 Å². The highest BCUT2D eigenvalue weighted by atomic mass is 15.2. The maximum Gasteiger partial charge on any atom is 0.289 e. The van der Waals surface area contributed by atoms with Crippen LogP contribution in [0, 0.1) is 6.92 Å². The van der Waals surface area contributed by atoms with Gasteiger partial charge in [-0.15, -0.1) is 0 Å². The van der Waals surface area contributed by atoms with Gasteiger partial charge in [0.25, 0.3) is 5.82 Å². The van der Waals surface area contributed by atoms with Crippen LogP contribution in [-0.4, -0.2) is 17.3 Å². The Kier molecular flexibility index (Phi) is 5.57. The minimum absolute atomic E-state index is 0.0577. The van der Waals surface area contributed by atoms with Crippen LogP contribution in [0.4, 0.5) is 5.69 Å². The third-order valence-corrected chi connectivity index (χ3v) is 7.08. The molecule has 1 aromatic heterocycles. The topological polar surface area (TPSA) is 33.2 Å². The summed E-state index contributed by atoms with van der Waals surface area (Å²) in [4.78, 5) is 4.89. The van der Waals surface area contributed by atoms with Crippen LogP contribution < -0.4 is 9.88 Å². The first-order chi connectivity index (χ1) is 14.9. The summed E-state index contributed by atoms with van der Waals surface area (Å²) in [5.74, 6) is 1.25. The van der Waals surface area contributed by atoms with Gasteiger partial charge < -0.3 is 5.32 Å². The van der Waals surface area contributed by atoms with Gasteiger partial charge >= 0.3 is 0 Å². The van der Waals surface area contributed by atoms with Gasteiger partial charge in [-0.3, -0.25) is 4.99 Å². The Hall–Kier alpha value is -3.14. The molecule has 2 aromatic carbocycles. The number of nitrogens with one attached hydrogen (secondary N) is 1. The van der Waals surface area contributed by atoms with E-state index in [4.69, 9.17) is 4.99 Å². The standard InChI is InChI=1S/C27H33N4/c1-6-27(20-28-16-11-17-29-24-15-10-7-12-21(24)2)26(3,4)23-14-9-8-13-22(23)25-30(5)18-19-31(25)27/h7-19,29H,6,20H2,1-5H3/q+1/b17-11-,28-16?/t27-/m0/s1. The van der Waals surface area contributed by atoms with E-state index in [1.54, 1.807) is 0 Å². The Morgan fingerprint density at radius 3 is 2.61 bits per heavy atom. The van der Waals surface area contributed by atoms with Crippen molar-refractivity contribution in [1.82, 2.24) is 4.57 Å². The minimum Gasteiger partial charge on any atom is -0.361 e. The highest BCUT2D eigenvalue weighted by Gasteiger charge is 2.55. The lowest BCUT2D eigenvalue weighted by Crippen LogP contribution is -2.55. The maximum atomic E-state index is 4.89. The van der Waals surface area contributed by atoms with Gasteiger partial charge in [-0.2, -0.15) is 0 Å². The molecule has 160 valence electrons. The van der Waals surface area contributed by atoms with E-state index in [1.165, 1.54) is 22.5 Å². The van der Waals surface area contributed by atoms with Crippen molar-refractivity contribution in [2.24, 2.45) is 12.0 Å². The first-order valence-corrected chi connectivity index (χ1v) is 11.1. The molecule has 0 aliphatic carbocycles. The van der Waals surface area contributed by atoms with Crippen LogP contribution in [-0.2, 0) is 18.0 Å². The fraction of sp³-hybridized carbons (Fsp3) is 0.333. The molecule has 31 heavy (non-hydrogen) atoms. The summed E-state index contributed by atoms with van der Waals surface area (Å²) in [6, 6.07) is 17.1. The van der Waals surface area contributed by atoms with E-state index in [0.29, 0.717) is 0 Å². The molecule has 0 spiro atoms. The van der Waals surface area contributed by atoms with Crippen LogP contribution in [0.15, 0.2) is 78.2 Å². The van der Waals surface area contributed by atoms with E-state index in [0.717, 1.165) is 18.7 Å². The molecule has 0 fully saturated rings. The summed E-state index contributed by atoms with van der Waals surface area (Å²) < 4.78 is 4.69. The molecule has 0 bridgehead atoms. The molecule has 2 heterocycles. The number of aromatic nitrogens is 2. The van der Waals surface area contributed by atoms with Crippen LogP contribution in [0.1, 0.15) is 38.3 Å². The second-order valence-electron chi connectivity index (χ2n) is 8.97. The smallest absolute Gasteiger partial charge is 0.289 e. The molecule has 1 aliphatic rings. The Morgan fingerprint density at radius 1 is 1.10 bits per heavy atom. The van der Waals surface area contributed by atoms with Crippen LogP contribution in [0.5, 0.6) is 0 Å². The van der Waals surface area contributed by atoms with Crippen molar-refractivity contribution in [3.8, 4) is 11.4 Å². The second-order valence-corrected chi connectivity index (χ2v) is 8.97. The third kappa shape index (κ3) is 3.40. The van der Waals surface area contributed by atoms with E-state index >= 15 is 0 Å². The number of para-hydroxylation sites is 1. The van der Waals surface area contributed by atoms with Crippen LogP contribution in [0.25, 0.3) is 11.4 Å². The first-order valence-electron chi connectivity index (χ1n) is 11.1.